The molecule has 0 bridgehead atoms. The van der Waals surface area contributed by atoms with Gasteiger partial charge < -0.3 is 25.0 Å². The van der Waals surface area contributed by atoms with E-state index in [9.17, 15) is 14.7 Å². The lowest BCUT2D eigenvalue weighted by atomic mass is 10.1. The predicted octanol–water partition coefficient (Wildman–Crippen LogP) is 5.37. The van der Waals surface area contributed by atoms with Gasteiger partial charge >= 0.3 is 0 Å². The van der Waals surface area contributed by atoms with Gasteiger partial charge in [0.25, 0.3) is 5.91 Å². The molecule has 2 aromatic carbocycles. The predicted molar refractivity (Wildman–Crippen MR) is 175 cm³/mol. The maximum absolute atomic E-state index is 13.3. The standard InChI is InChI=1S/C35H54N4O4/c1-6-43-25-23-39(22-24-40,26-32(41)36-33-27(2)14-11-15-28(33)3)21-10-8-7-9-19-38-20-13-18-31(38)35(42)37-34-29(4)16-12-17-30(34)5/h11-12,14-17,31,40H,6-10,13,18-26H2,1-5H3,(H-,36,37,41,42)/p+1. The normalized spacial score (nSPS) is 16.7. The largest absolute Gasteiger partial charge is 0.391 e. The molecular weight excluding hydrogens is 540 g/mol. The summed E-state index contributed by atoms with van der Waals surface area (Å²) >= 11 is 0. The fourth-order valence-corrected chi connectivity index (χ4v) is 6.41. The lowest BCUT2D eigenvalue weighted by Crippen LogP contribution is -2.56. The number of likely N-dealkylation sites (tertiary alicyclic amines) is 1. The average molecular weight is 596 g/mol. The van der Waals surface area contributed by atoms with Crippen molar-refractivity contribution >= 4 is 23.2 Å². The van der Waals surface area contributed by atoms with Crippen LogP contribution >= 0.6 is 0 Å². The maximum Gasteiger partial charge on any atom is 0.279 e. The molecule has 3 rings (SSSR count). The van der Waals surface area contributed by atoms with Gasteiger partial charge in [-0.25, -0.2) is 0 Å². The number of benzene rings is 2. The van der Waals surface area contributed by atoms with Crippen LogP contribution in [0.25, 0.3) is 0 Å². The summed E-state index contributed by atoms with van der Waals surface area (Å²) in [4.78, 5) is 28.8. The van der Waals surface area contributed by atoms with Crippen molar-refractivity contribution in [1.82, 2.24) is 4.90 Å². The fourth-order valence-electron chi connectivity index (χ4n) is 6.41. The molecule has 238 valence electrons. The summed E-state index contributed by atoms with van der Waals surface area (Å²) in [5.74, 6) is 0.0797. The highest BCUT2D eigenvalue weighted by molar-refractivity contribution is 5.96. The number of aliphatic hydroxyl groups is 1. The molecule has 3 N–H and O–H groups in total. The molecule has 2 amide bonds. The minimum Gasteiger partial charge on any atom is -0.391 e. The number of hydrogen-bond acceptors (Lipinski definition) is 5. The summed E-state index contributed by atoms with van der Waals surface area (Å²) < 4.78 is 6.20. The van der Waals surface area contributed by atoms with Crippen LogP contribution in [0.1, 0.15) is 67.7 Å². The molecule has 1 aliphatic rings. The van der Waals surface area contributed by atoms with Crippen LogP contribution in [-0.4, -0.2) is 91.4 Å². The van der Waals surface area contributed by atoms with Crippen molar-refractivity contribution in [2.24, 2.45) is 0 Å². The highest BCUT2D eigenvalue weighted by atomic mass is 16.5. The van der Waals surface area contributed by atoms with Crippen molar-refractivity contribution in [3.63, 3.8) is 0 Å². The summed E-state index contributed by atoms with van der Waals surface area (Å²) in [7, 11) is 0. The molecule has 0 saturated carbocycles. The van der Waals surface area contributed by atoms with Gasteiger partial charge in [0, 0.05) is 18.0 Å². The Bertz CT molecular complexity index is 1150. The first-order valence-corrected chi connectivity index (χ1v) is 16.2. The molecule has 8 heteroatoms. The van der Waals surface area contributed by atoms with Crippen molar-refractivity contribution in [2.45, 2.75) is 79.2 Å². The van der Waals surface area contributed by atoms with E-state index in [0.29, 0.717) is 37.3 Å². The average Bonchev–Trinajstić information content (AvgIpc) is 3.44. The van der Waals surface area contributed by atoms with Crippen LogP contribution < -0.4 is 10.6 Å². The highest BCUT2D eigenvalue weighted by Gasteiger charge is 2.32. The number of aryl methyl sites for hydroxylation is 4. The van der Waals surface area contributed by atoms with Gasteiger partial charge in [-0.05, 0) is 102 Å². The summed E-state index contributed by atoms with van der Waals surface area (Å²) in [5.41, 5.74) is 6.10. The minimum absolute atomic E-state index is 0.0263. The zero-order valence-corrected chi connectivity index (χ0v) is 27.2. The van der Waals surface area contributed by atoms with Crippen LogP contribution in [0.4, 0.5) is 11.4 Å². The number of carbonyl (C=O) groups excluding carboxylic acids is 2. The third-order valence-electron chi connectivity index (χ3n) is 8.94. The van der Waals surface area contributed by atoms with Gasteiger partial charge in [0.2, 0.25) is 5.91 Å². The molecule has 43 heavy (non-hydrogen) atoms. The van der Waals surface area contributed by atoms with Crippen LogP contribution in [0.2, 0.25) is 0 Å². The first-order chi connectivity index (χ1) is 20.7. The smallest absolute Gasteiger partial charge is 0.279 e. The number of nitrogens with one attached hydrogen (secondary N) is 2. The number of hydrogen-bond donors (Lipinski definition) is 3. The Morgan fingerprint density at radius 3 is 2.09 bits per heavy atom. The van der Waals surface area contributed by atoms with E-state index in [-0.39, 0.29) is 24.5 Å². The van der Waals surface area contributed by atoms with Gasteiger partial charge in [0.1, 0.15) is 13.1 Å². The number of anilines is 2. The van der Waals surface area contributed by atoms with E-state index < -0.39 is 0 Å². The number of aliphatic hydroxyl groups excluding tert-OH is 1. The monoisotopic (exact) mass is 595 g/mol. The number of carbonyl (C=O) groups is 2. The van der Waals surface area contributed by atoms with Gasteiger partial charge in [-0.1, -0.05) is 42.8 Å². The number of nitrogens with zero attached hydrogens (tertiary/aromatic N) is 2. The zero-order chi connectivity index (χ0) is 31.2. The number of quaternary nitrogens is 1. The van der Waals surface area contributed by atoms with Gasteiger partial charge in [0.15, 0.2) is 6.54 Å². The lowest BCUT2D eigenvalue weighted by Gasteiger charge is -2.38. The van der Waals surface area contributed by atoms with E-state index in [1.54, 1.807) is 0 Å². The second kappa shape index (κ2) is 17.5. The molecule has 1 saturated heterocycles. The van der Waals surface area contributed by atoms with Crippen molar-refractivity contribution in [2.75, 3.05) is 69.7 Å². The first-order valence-electron chi connectivity index (χ1n) is 16.2. The van der Waals surface area contributed by atoms with Crippen LogP contribution in [0, 0.1) is 27.7 Å². The zero-order valence-electron chi connectivity index (χ0n) is 27.2. The quantitative estimate of drug-likeness (QED) is 0.159. The van der Waals surface area contributed by atoms with Crippen LogP contribution in [-0.2, 0) is 14.3 Å². The van der Waals surface area contributed by atoms with Crippen LogP contribution in [0.3, 0.4) is 0 Å². The Morgan fingerprint density at radius 1 is 0.884 bits per heavy atom. The van der Waals surface area contributed by atoms with Crippen LogP contribution in [0.5, 0.6) is 0 Å². The molecule has 1 heterocycles. The minimum atomic E-state index is -0.0677. The van der Waals surface area contributed by atoms with Gasteiger partial charge in [-0.3, -0.25) is 14.5 Å². The Balaban J connectivity index is 1.51. The SMILES string of the molecule is CCOCC[N+](CCO)(CCCCCCN1CCCC1C(=O)Nc1c(C)cccc1C)CC(=O)Nc1c(C)cccc1C. The molecule has 1 fully saturated rings. The molecule has 0 aliphatic carbocycles. The van der Waals surface area contributed by atoms with Gasteiger partial charge in [-0.15, -0.1) is 0 Å². The lowest BCUT2D eigenvalue weighted by molar-refractivity contribution is -0.921. The van der Waals surface area contributed by atoms with Crippen molar-refractivity contribution in [1.29, 1.82) is 0 Å². The number of rotatable bonds is 18. The number of ether oxygens (including phenoxy) is 1. The number of amides is 2. The molecule has 0 radical (unpaired) electrons. The van der Waals surface area contributed by atoms with E-state index >= 15 is 0 Å². The van der Waals surface area contributed by atoms with Crippen molar-refractivity contribution in [3.05, 3.63) is 58.7 Å². The highest BCUT2D eigenvalue weighted by Crippen LogP contribution is 2.24. The summed E-state index contributed by atoms with van der Waals surface area (Å²) in [6, 6.07) is 12.1. The Morgan fingerprint density at radius 2 is 1.49 bits per heavy atom. The Hall–Kier alpha value is -2.78. The molecule has 1 aliphatic heterocycles. The maximum atomic E-state index is 13.3. The second-order valence-electron chi connectivity index (χ2n) is 12.3. The Kier molecular flexibility index (Phi) is 14.1. The topological polar surface area (TPSA) is 90.9 Å². The Labute approximate surface area is 259 Å². The molecule has 2 unspecified atom stereocenters. The van der Waals surface area contributed by atoms with Crippen molar-refractivity contribution in [3.8, 4) is 0 Å². The first kappa shape index (κ1) is 34.7. The fraction of sp³-hybridized carbons (Fsp3) is 0.600. The van der Waals surface area contributed by atoms with E-state index in [2.05, 4.69) is 15.5 Å². The van der Waals surface area contributed by atoms with E-state index in [1.807, 2.05) is 71.0 Å². The molecular formula is C35H55N4O4+. The third-order valence-corrected chi connectivity index (χ3v) is 8.94. The van der Waals surface area contributed by atoms with Crippen molar-refractivity contribution < 1.29 is 23.9 Å². The van der Waals surface area contributed by atoms with E-state index in [4.69, 9.17) is 4.74 Å². The molecule has 0 spiro atoms. The van der Waals surface area contributed by atoms with E-state index in [0.717, 1.165) is 91.8 Å². The number of unbranched alkanes of at least 4 members (excludes halogenated alkanes) is 3. The third kappa shape index (κ3) is 10.4. The molecule has 2 aromatic rings. The summed E-state index contributed by atoms with van der Waals surface area (Å²) in [6.45, 7) is 15.5. The van der Waals surface area contributed by atoms with Gasteiger partial charge in [0.05, 0.1) is 25.8 Å². The molecule has 8 nitrogen and oxygen atoms in total. The van der Waals surface area contributed by atoms with Gasteiger partial charge in [-0.2, -0.15) is 0 Å². The second-order valence-corrected chi connectivity index (χ2v) is 12.3. The summed E-state index contributed by atoms with van der Waals surface area (Å²) in [6.07, 6.45) is 6.09. The van der Waals surface area contributed by atoms with E-state index in [1.165, 1.54) is 0 Å². The summed E-state index contributed by atoms with van der Waals surface area (Å²) in [5, 5.41) is 16.3. The molecule has 0 aromatic heterocycles. The van der Waals surface area contributed by atoms with Crippen LogP contribution in [0.15, 0.2) is 36.4 Å². The molecule has 2 atom stereocenters. The number of para-hydroxylation sites is 2.